The van der Waals surface area contributed by atoms with Gasteiger partial charge in [-0.1, -0.05) is 19.9 Å². The number of hydrazine groups is 1. The van der Waals surface area contributed by atoms with Gasteiger partial charge in [0.1, 0.15) is 11.6 Å². The highest BCUT2D eigenvalue weighted by Crippen LogP contribution is 2.27. The number of nitrogens with one attached hydrogen (secondary N) is 1. The Morgan fingerprint density at radius 1 is 1.28 bits per heavy atom. The van der Waals surface area contributed by atoms with Gasteiger partial charge in [0.2, 0.25) is 0 Å². The molecule has 0 saturated heterocycles. The van der Waals surface area contributed by atoms with Gasteiger partial charge in [0.25, 0.3) is 0 Å². The van der Waals surface area contributed by atoms with Crippen LogP contribution in [0.4, 0.5) is 4.39 Å². The Hall–Kier alpha value is -1.17. The molecule has 0 radical (unpaired) electrons. The predicted octanol–water partition coefficient (Wildman–Crippen LogP) is 2.01. The molecule has 0 aliphatic carbocycles. The number of nitrogens with two attached hydrogens (primary N) is 1. The van der Waals surface area contributed by atoms with Crippen LogP contribution in [0.15, 0.2) is 18.2 Å². The Balaban J connectivity index is 3.08. The second-order valence-electron chi connectivity index (χ2n) is 4.48. The highest BCUT2D eigenvalue weighted by atomic mass is 19.1. The molecule has 1 aromatic rings. The number of ether oxygens (including phenoxy) is 2. The SMILES string of the molecule is COc1ccc(C(NN)C(OC)C(C)C)c(F)c1. The molecule has 0 aliphatic heterocycles. The van der Waals surface area contributed by atoms with Crippen LogP contribution in [0.3, 0.4) is 0 Å². The van der Waals surface area contributed by atoms with E-state index >= 15 is 0 Å². The molecule has 1 rings (SSSR count). The summed E-state index contributed by atoms with van der Waals surface area (Å²) in [5.74, 6) is 5.85. The molecular formula is C13H21FN2O2. The molecule has 0 heterocycles. The molecule has 0 aliphatic rings. The summed E-state index contributed by atoms with van der Waals surface area (Å²) in [6.07, 6.45) is -0.210. The Morgan fingerprint density at radius 3 is 2.33 bits per heavy atom. The van der Waals surface area contributed by atoms with Crippen molar-refractivity contribution in [2.45, 2.75) is 26.0 Å². The highest BCUT2D eigenvalue weighted by Gasteiger charge is 2.27. The summed E-state index contributed by atoms with van der Waals surface area (Å²) < 4.78 is 24.4. The first-order chi connectivity index (χ1) is 8.54. The number of hydrogen-bond acceptors (Lipinski definition) is 4. The molecule has 2 atom stereocenters. The maximum Gasteiger partial charge on any atom is 0.131 e. The van der Waals surface area contributed by atoms with Crippen molar-refractivity contribution < 1.29 is 13.9 Å². The summed E-state index contributed by atoms with van der Waals surface area (Å²) in [5, 5.41) is 0. The van der Waals surface area contributed by atoms with Gasteiger partial charge in [0.05, 0.1) is 19.3 Å². The van der Waals surface area contributed by atoms with Crippen molar-refractivity contribution in [3.8, 4) is 5.75 Å². The first-order valence-corrected chi connectivity index (χ1v) is 5.87. The third-order valence-corrected chi connectivity index (χ3v) is 2.98. The standard InChI is InChI=1S/C13H21FN2O2/c1-8(2)13(18-4)12(16-15)10-6-5-9(17-3)7-11(10)14/h5-8,12-13,16H,15H2,1-4H3. The predicted molar refractivity (Wildman–Crippen MR) is 68.7 cm³/mol. The molecule has 0 amide bonds. The molecule has 5 heteroatoms. The van der Waals surface area contributed by atoms with Crippen molar-refractivity contribution >= 4 is 0 Å². The number of benzene rings is 1. The van der Waals surface area contributed by atoms with Crippen LogP contribution in [0.5, 0.6) is 5.75 Å². The van der Waals surface area contributed by atoms with E-state index in [2.05, 4.69) is 5.43 Å². The van der Waals surface area contributed by atoms with Crippen molar-refractivity contribution in [1.82, 2.24) is 5.43 Å². The molecule has 0 bridgehead atoms. The van der Waals surface area contributed by atoms with Crippen LogP contribution < -0.4 is 16.0 Å². The van der Waals surface area contributed by atoms with E-state index in [0.29, 0.717) is 11.3 Å². The van der Waals surface area contributed by atoms with Gasteiger partial charge in [-0.15, -0.1) is 0 Å². The van der Waals surface area contributed by atoms with Crippen LogP contribution in [-0.4, -0.2) is 20.3 Å². The minimum Gasteiger partial charge on any atom is -0.497 e. The van der Waals surface area contributed by atoms with Crippen LogP contribution in [0.1, 0.15) is 25.5 Å². The lowest BCUT2D eigenvalue weighted by Gasteiger charge is -2.29. The van der Waals surface area contributed by atoms with Crippen LogP contribution >= 0.6 is 0 Å². The number of hydrogen-bond donors (Lipinski definition) is 2. The van der Waals surface area contributed by atoms with E-state index < -0.39 is 6.04 Å². The summed E-state index contributed by atoms with van der Waals surface area (Å²) in [7, 11) is 3.09. The van der Waals surface area contributed by atoms with Gasteiger partial charge in [-0.05, 0) is 12.0 Å². The van der Waals surface area contributed by atoms with Gasteiger partial charge >= 0.3 is 0 Å². The van der Waals surface area contributed by atoms with E-state index in [-0.39, 0.29) is 17.8 Å². The molecule has 102 valence electrons. The summed E-state index contributed by atoms with van der Waals surface area (Å²) in [6, 6.07) is 4.30. The Bertz CT molecular complexity index is 385. The number of rotatable bonds is 6. The smallest absolute Gasteiger partial charge is 0.131 e. The third kappa shape index (κ3) is 3.19. The molecule has 0 aromatic heterocycles. The van der Waals surface area contributed by atoms with Crippen LogP contribution in [0.2, 0.25) is 0 Å². The maximum absolute atomic E-state index is 14.0. The topological polar surface area (TPSA) is 56.5 Å². The van der Waals surface area contributed by atoms with E-state index in [1.54, 1.807) is 19.2 Å². The lowest BCUT2D eigenvalue weighted by Crippen LogP contribution is -2.40. The molecule has 3 N–H and O–H groups in total. The molecule has 0 saturated carbocycles. The van der Waals surface area contributed by atoms with E-state index in [1.807, 2.05) is 13.8 Å². The molecule has 4 nitrogen and oxygen atoms in total. The molecule has 2 unspecified atom stereocenters. The first-order valence-electron chi connectivity index (χ1n) is 5.87. The second-order valence-corrected chi connectivity index (χ2v) is 4.48. The zero-order chi connectivity index (χ0) is 13.7. The van der Waals surface area contributed by atoms with Crippen molar-refractivity contribution in [1.29, 1.82) is 0 Å². The lowest BCUT2D eigenvalue weighted by atomic mass is 9.93. The Morgan fingerprint density at radius 2 is 1.94 bits per heavy atom. The Kier molecular flexibility index (Phi) is 5.53. The largest absolute Gasteiger partial charge is 0.497 e. The minimum atomic E-state index is -0.402. The minimum absolute atomic E-state index is 0.206. The fourth-order valence-electron chi connectivity index (χ4n) is 2.04. The average Bonchev–Trinajstić information content (AvgIpc) is 2.35. The van der Waals surface area contributed by atoms with Gasteiger partial charge in [-0.25, -0.2) is 4.39 Å². The molecule has 1 aromatic carbocycles. The fourth-order valence-corrected chi connectivity index (χ4v) is 2.04. The zero-order valence-electron chi connectivity index (χ0n) is 11.2. The monoisotopic (exact) mass is 256 g/mol. The lowest BCUT2D eigenvalue weighted by molar-refractivity contribution is 0.0316. The normalized spacial score (nSPS) is 14.6. The van der Waals surface area contributed by atoms with E-state index in [9.17, 15) is 4.39 Å². The van der Waals surface area contributed by atoms with Gasteiger partial charge in [0.15, 0.2) is 0 Å². The summed E-state index contributed by atoms with van der Waals surface area (Å²) in [4.78, 5) is 0. The van der Waals surface area contributed by atoms with E-state index in [1.165, 1.54) is 13.2 Å². The maximum atomic E-state index is 14.0. The number of halogens is 1. The van der Waals surface area contributed by atoms with Crippen molar-refractivity contribution in [3.63, 3.8) is 0 Å². The van der Waals surface area contributed by atoms with Crippen molar-refractivity contribution in [3.05, 3.63) is 29.6 Å². The van der Waals surface area contributed by atoms with Crippen molar-refractivity contribution in [2.24, 2.45) is 11.8 Å². The molecule has 0 spiro atoms. The first kappa shape index (κ1) is 14.9. The second kappa shape index (κ2) is 6.68. The number of methoxy groups -OCH3 is 2. The molecule has 0 fully saturated rings. The molecular weight excluding hydrogens is 235 g/mol. The van der Waals surface area contributed by atoms with Gasteiger partial charge in [0, 0.05) is 18.7 Å². The fraction of sp³-hybridized carbons (Fsp3) is 0.538. The molecule has 18 heavy (non-hydrogen) atoms. The Labute approximate surface area is 107 Å². The quantitative estimate of drug-likeness (QED) is 0.604. The zero-order valence-corrected chi connectivity index (χ0v) is 11.2. The highest BCUT2D eigenvalue weighted by molar-refractivity contribution is 5.31. The van der Waals surface area contributed by atoms with Crippen LogP contribution in [0, 0.1) is 11.7 Å². The van der Waals surface area contributed by atoms with Gasteiger partial charge in [-0.3, -0.25) is 11.3 Å². The van der Waals surface area contributed by atoms with E-state index in [4.69, 9.17) is 15.3 Å². The van der Waals surface area contributed by atoms with E-state index in [0.717, 1.165) is 0 Å². The summed E-state index contributed by atoms with van der Waals surface area (Å²) in [5.41, 5.74) is 3.09. The van der Waals surface area contributed by atoms with Crippen LogP contribution in [-0.2, 0) is 4.74 Å². The van der Waals surface area contributed by atoms with Crippen molar-refractivity contribution in [2.75, 3.05) is 14.2 Å². The van der Waals surface area contributed by atoms with Gasteiger partial charge < -0.3 is 9.47 Å². The van der Waals surface area contributed by atoms with Gasteiger partial charge in [-0.2, -0.15) is 0 Å². The average molecular weight is 256 g/mol. The summed E-state index contributed by atoms with van der Waals surface area (Å²) in [6.45, 7) is 4.00. The van der Waals surface area contributed by atoms with Crippen LogP contribution in [0.25, 0.3) is 0 Å². The summed E-state index contributed by atoms with van der Waals surface area (Å²) >= 11 is 0. The third-order valence-electron chi connectivity index (χ3n) is 2.98.